The van der Waals surface area contributed by atoms with E-state index in [1.165, 1.54) is 0 Å². The normalized spacial score (nSPS) is 16.5. The molecule has 1 atom stereocenters. The Morgan fingerprint density at radius 2 is 1.74 bits per heavy atom. The molecular formula is C18H17ClF3NO3S. The van der Waals surface area contributed by atoms with E-state index in [0.29, 0.717) is 24.5 Å². The van der Waals surface area contributed by atoms with E-state index >= 15 is 0 Å². The SMILES string of the molecule is O=S(=O)(c1c(Cl)cccc1C(F)(F)F)N(C[C@@H](O)c1ccccc1)C1CC1. The highest BCUT2D eigenvalue weighted by Gasteiger charge is 2.45. The lowest BCUT2D eigenvalue weighted by atomic mass is 10.1. The second kappa shape index (κ2) is 7.43. The van der Waals surface area contributed by atoms with E-state index in [0.717, 1.165) is 16.4 Å². The van der Waals surface area contributed by atoms with Crippen LogP contribution >= 0.6 is 11.6 Å². The van der Waals surface area contributed by atoms with Crippen LogP contribution in [0, 0.1) is 0 Å². The van der Waals surface area contributed by atoms with Gasteiger partial charge >= 0.3 is 6.18 Å². The minimum atomic E-state index is -4.87. The molecule has 0 heterocycles. The first-order chi connectivity index (χ1) is 12.6. The van der Waals surface area contributed by atoms with Crippen molar-refractivity contribution < 1.29 is 26.7 Å². The minimum Gasteiger partial charge on any atom is -0.387 e. The maximum atomic E-state index is 13.4. The molecule has 1 aliphatic carbocycles. The predicted molar refractivity (Wildman–Crippen MR) is 94.8 cm³/mol. The van der Waals surface area contributed by atoms with Crippen LogP contribution in [0.1, 0.15) is 30.1 Å². The second-order valence-electron chi connectivity index (χ2n) is 6.35. The van der Waals surface area contributed by atoms with Gasteiger partial charge in [0.2, 0.25) is 10.0 Å². The molecule has 4 nitrogen and oxygen atoms in total. The molecular weight excluding hydrogens is 403 g/mol. The number of nitrogens with zero attached hydrogens (tertiary/aromatic N) is 1. The van der Waals surface area contributed by atoms with Crippen molar-refractivity contribution in [2.75, 3.05) is 6.54 Å². The van der Waals surface area contributed by atoms with Gasteiger partial charge in [-0.2, -0.15) is 17.5 Å². The van der Waals surface area contributed by atoms with Crippen LogP contribution in [-0.4, -0.2) is 30.4 Å². The van der Waals surface area contributed by atoms with Crippen LogP contribution < -0.4 is 0 Å². The summed E-state index contributed by atoms with van der Waals surface area (Å²) in [4.78, 5) is -0.966. The van der Waals surface area contributed by atoms with Crippen molar-refractivity contribution >= 4 is 21.6 Å². The molecule has 1 aliphatic rings. The molecule has 0 unspecified atom stereocenters. The van der Waals surface area contributed by atoms with Gasteiger partial charge in [-0.1, -0.05) is 48.0 Å². The molecule has 0 spiro atoms. The predicted octanol–water partition coefficient (Wildman–Crippen LogP) is 4.25. The third kappa shape index (κ3) is 4.29. The lowest BCUT2D eigenvalue weighted by molar-refractivity contribution is -0.139. The fourth-order valence-corrected chi connectivity index (χ4v) is 5.29. The minimum absolute atomic E-state index is 0.348. The molecule has 146 valence electrons. The van der Waals surface area contributed by atoms with Crippen LogP contribution in [0.2, 0.25) is 5.02 Å². The third-order valence-electron chi connectivity index (χ3n) is 4.33. The standard InChI is InChI=1S/C18H17ClF3NO3S/c19-15-8-4-7-14(18(20,21)22)17(15)27(25,26)23(13-9-10-13)11-16(24)12-5-2-1-3-6-12/h1-8,13,16,24H,9-11H2/t16-/m1/s1. The lowest BCUT2D eigenvalue weighted by Gasteiger charge is -2.26. The Morgan fingerprint density at radius 3 is 2.30 bits per heavy atom. The van der Waals surface area contributed by atoms with E-state index in [9.17, 15) is 26.7 Å². The maximum absolute atomic E-state index is 13.4. The molecule has 2 aromatic rings. The van der Waals surface area contributed by atoms with Crippen molar-refractivity contribution in [2.24, 2.45) is 0 Å². The second-order valence-corrected chi connectivity index (χ2v) is 8.58. The molecule has 2 aromatic carbocycles. The lowest BCUT2D eigenvalue weighted by Crippen LogP contribution is -2.37. The van der Waals surface area contributed by atoms with Crippen LogP contribution in [0.3, 0.4) is 0 Å². The van der Waals surface area contributed by atoms with Gasteiger partial charge in [0.05, 0.1) is 16.7 Å². The van der Waals surface area contributed by atoms with Crippen LogP contribution in [0.4, 0.5) is 13.2 Å². The number of aliphatic hydroxyl groups is 1. The van der Waals surface area contributed by atoms with Crippen LogP contribution in [0.15, 0.2) is 53.4 Å². The summed E-state index contributed by atoms with van der Waals surface area (Å²) in [5, 5.41) is 9.92. The van der Waals surface area contributed by atoms with Crippen LogP contribution in [-0.2, 0) is 16.2 Å². The molecule has 0 bridgehead atoms. The van der Waals surface area contributed by atoms with Crippen molar-refractivity contribution in [1.29, 1.82) is 0 Å². The monoisotopic (exact) mass is 419 g/mol. The van der Waals surface area contributed by atoms with E-state index in [4.69, 9.17) is 11.6 Å². The van der Waals surface area contributed by atoms with Gasteiger partial charge < -0.3 is 5.11 Å². The van der Waals surface area contributed by atoms with Crippen LogP contribution in [0.25, 0.3) is 0 Å². The molecule has 3 rings (SSSR count). The smallest absolute Gasteiger partial charge is 0.387 e. The fourth-order valence-electron chi connectivity index (χ4n) is 2.87. The first-order valence-electron chi connectivity index (χ1n) is 8.23. The Morgan fingerprint density at radius 1 is 1.11 bits per heavy atom. The molecule has 27 heavy (non-hydrogen) atoms. The highest BCUT2D eigenvalue weighted by atomic mass is 35.5. The summed E-state index contributed by atoms with van der Waals surface area (Å²) in [6.07, 6.45) is -5.00. The largest absolute Gasteiger partial charge is 0.417 e. The first-order valence-corrected chi connectivity index (χ1v) is 10.0. The Balaban J connectivity index is 2.02. The van der Waals surface area contributed by atoms with Crippen molar-refractivity contribution in [1.82, 2.24) is 4.31 Å². The molecule has 0 saturated heterocycles. The Kier molecular flexibility index (Phi) is 5.54. The summed E-state index contributed by atoms with van der Waals surface area (Å²) < 4.78 is 67.3. The zero-order chi connectivity index (χ0) is 19.8. The van der Waals surface area contributed by atoms with E-state index in [1.807, 2.05) is 0 Å². The summed E-state index contributed by atoms with van der Waals surface area (Å²) in [5.41, 5.74) is -0.830. The topological polar surface area (TPSA) is 57.6 Å². The third-order valence-corrected chi connectivity index (χ3v) is 6.78. The molecule has 1 saturated carbocycles. The number of hydrogen-bond donors (Lipinski definition) is 1. The summed E-state index contributed by atoms with van der Waals surface area (Å²) in [6, 6.07) is 10.8. The van der Waals surface area contributed by atoms with Gasteiger partial charge in [-0.15, -0.1) is 0 Å². The number of sulfonamides is 1. The summed E-state index contributed by atoms with van der Waals surface area (Å²) >= 11 is 5.87. The highest BCUT2D eigenvalue weighted by Crippen LogP contribution is 2.41. The van der Waals surface area contributed by atoms with Gasteiger partial charge in [0.15, 0.2) is 0 Å². The quantitative estimate of drug-likeness (QED) is 0.761. The zero-order valence-corrected chi connectivity index (χ0v) is 15.6. The van der Waals surface area contributed by atoms with E-state index in [1.54, 1.807) is 30.3 Å². The molecule has 0 radical (unpaired) electrons. The Bertz CT molecular complexity index is 915. The molecule has 0 aromatic heterocycles. The summed E-state index contributed by atoms with van der Waals surface area (Å²) in [7, 11) is -4.56. The zero-order valence-electron chi connectivity index (χ0n) is 14.0. The van der Waals surface area contributed by atoms with E-state index < -0.39 is 43.8 Å². The number of alkyl halides is 3. The van der Waals surface area contributed by atoms with E-state index in [-0.39, 0.29) is 6.54 Å². The molecule has 0 aliphatic heterocycles. The number of aliphatic hydroxyl groups excluding tert-OH is 1. The van der Waals surface area contributed by atoms with E-state index in [2.05, 4.69) is 0 Å². The summed E-state index contributed by atoms with van der Waals surface area (Å²) in [5.74, 6) is 0. The maximum Gasteiger partial charge on any atom is 0.417 e. The Hall–Kier alpha value is -1.61. The average molecular weight is 420 g/mol. The van der Waals surface area contributed by atoms with Gasteiger partial charge in [0.1, 0.15) is 4.90 Å². The van der Waals surface area contributed by atoms with Gasteiger partial charge in [0.25, 0.3) is 0 Å². The van der Waals surface area contributed by atoms with Crippen LogP contribution in [0.5, 0.6) is 0 Å². The molecule has 0 amide bonds. The van der Waals surface area contributed by atoms with Gasteiger partial charge in [-0.05, 0) is 30.5 Å². The van der Waals surface area contributed by atoms with Crippen molar-refractivity contribution in [2.45, 2.75) is 36.1 Å². The Labute approximate surface area is 160 Å². The average Bonchev–Trinajstić information content (AvgIpc) is 3.43. The molecule has 1 fully saturated rings. The molecule has 1 N–H and O–H groups in total. The molecule has 9 heteroatoms. The highest BCUT2D eigenvalue weighted by molar-refractivity contribution is 7.89. The number of benzene rings is 2. The van der Waals surface area contributed by atoms with Gasteiger partial charge in [-0.3, -0.25) is 0 Å². The van der Waals surface area contributed by atoms with Crippen molar-refractivity contribution in [3.8, 4) is 0 Å². The number of halogens is 4. The van der Waals surface area contributed by atoms with Crippen molar-refractivity contribution in [3.05, 3.63) is 64.7 Å². The number of rotatable bonds is 6. The number of hydrogen-bond acceptors (Lipinski definition) is 3. The fraction of sp³-hybridized carbons (Fsp3) is 0.333. The first kappa shape index (κ1) is 20.1. The summed E-state index contributed by atoms with van der Waals surface area (Å²) in [6.45, 7) is -0.348. The van der Waals surface area contributed by atoms with Crippen molar-refractivity contribution in [3.63, 3.8) is 0 Å². The van der Waals surface area contributed by atoms with Gasteiger partial charge in [-0.25, -0.2) is 8.42 Å². The van der Waals surface area contributed by atoms with Gasteiger partial charge in [0, 0.05) is 12.6 Å².